The predicted molar refractivity (Wildman–Crippen MR) is 61.5 cm³/mol. The topological polar surface area (TPSA) is 39.2 Å². The Morgan fingerprint density at radius 1 is 1.27 bits per heavy atom. The van der Waals surface area contributed by atoms with Gasteiger partial charge in [0.2, 0.25) is 0 Å². The minimum absolute atomic E-state index is 0.103. The van der Waals surface area contributed by atoms with Crippen LogP contribution in [0.1, 0.15) is 50.2 Å². The first kappa shape index (κ1) is 10.7. The molecule has 0 spiro atoms. The van der Waals surface area contributed by atoms with E-state index in [2.05, 4.69) is 6.92 Å². The van der Waals surface area contributed by atoms with Crippen molar-refractivity contribution in [3.63, 3.8) is 0 Å². The van der Waals surface area contributed by atoms with Gasteiger partial charge in [-0.05, 0) is 43.7 Å². The number of hydrogen-bond acceptors (Lipinski definition) is 2. The van der Waals surface area contributed by atoms with E-state index in [0.29, 0.717) is 5.92 Å². The maximum atomic E-state index is 6.23. The summed E-state index contributed by atoms with van der Waals surface area (Å²) in [7, 11) is 0. The zero-order chi connectivity index (χ0) is 10.8. The Balaban J connectivity index is 1.99. The van der Waals surface area contributed by atoms with Gasteiger partial charge in [0.05, 0.1) is 6.04 Å². The van der Waals surface area contributed by atoms with Crippen LogP contribution in [0.25, 0.3) is 0 Å². The van der Waals surface area contributed by atoms with Crippen molar-refractivity contribution in [1.82, 2.24) is 0 Å². The van der Waals surface area contributed by atoms with Gasteiger partial charge in [-0.25, -0.2) is 0 Å². The molecule has 0 saturated heterocycles. The fraction of sp³-hybridized carbons (Fsp3) is 0.692. The predicted octanol–water partition coefficient (Wildman–Crippen LogP) is 3.41. The molecule has 1 saturated carbocycles. The lowest BCUT2D eigenvalue weighted by molar-refractivity contribution is 0.238. The number of rotatable bonds is 2. The average Bonchev–Trinajstić information content (AvgIpc) is 2.65. The first-order chi connectivity index (χ1) is 7.16. The van der Waals surface area contributed by atoms with Crippen LogP contribution in [0, 0.1) is 18.8 Å². The molecule has 2 heteroatoms. The van der Waals surface area contributed by atoms with Gasteiger partial charge in [-0.1, -0.05) is 19.8 Å². The highest BCUT2D eigenvalue weighted by molar-refractivity contribution is 5.10. The normalized spacial score (nSPS) is 29.0. The lowest BCUT2D eigenvalue weighted by Gasteiger charge is -2.29. The third kappa shape index (κ3) is 2.43. The van der Waals surface area contributed by atoms with Crippen molar-refractivity contribution in [3.05, 3.63) is 23.7 Å². The molecule has 2 nitrogen and oxygen atoms in total. The minimum Gasteiger partial charge on any atom is -0.465 e. The Kier molecular flexibility index (Phi) is 3.15. The Bertz CT molecular complexity index is 310. The highest BCUT2D eigenvalue weighted by Gasteiger charge is 2.26. The van der Waals surface area contributed by atoms with Gasteiger partial charge in [-0.3, -0.25) is 0 Å². The Morgan fingerprint density at radius 2 is 1.93 bits per heavy atom. The van der Waals surface area contributed by atoms with E-state index in [4.69, 9.17) is 10.2 Å². The summed E-state index contributed by atoms with van der Waals surface area (Å²) >= 11 is 0. The van der Waals surface area contributed by atoms with E-state index in [-0.39, 0.29) is 6.04 Å². The monoisotopic (exact) mass is 207 g/mol. The second-order valence-electron chi connectivity index (χ2n) is 4.99. The summed E-state index contributed by atoms with van der Waals surface area (Å²) < 4.78 is 5.60. The second kappa shape index (κ2) is 4.40. The van der Waals surface area contributed by atoms with Crippen molar-refractivity contribution in [2.45, 2.75) is 45.6 Å². The molecule has 1 heterocycles. The van der Waals surface area contributed by atoms with E-state index < -0.39 is 0 Å². The van der Waals surface area contributed by atoms with Crippen LogP contribution < -0.4 is 5.73 Å². The first-order valence-corrected chi connectivity index (χ1v) is 5.98. The van der Waals surface area contributed by atoms with Gasteiger partial charge in [0, 0.05) is 0 Å². The molecule has 15 heavy (non-hydrogen) atoms. The molecule has 1 fully saturated rings. The fourth-order valence-electron chi connectivity index (χ4n) is 2.51. The third-order valence-electron chi connectivity index (χ3n) is 3.66. The van der Waals surface area contributed by atoms with Crippen molar-refractivity contribution in [2.24, 2.45) is 17.6 Å². The van der Waals surface area contributed by atoms with Crippen molar-refractivity contribution < 1.29 is 4.42 Å². The SMILES string of the molecule is Cc1ccc(C(N)C2CCC(C)CC2)o1. The van der Waals surface area contributed by atoms with Gasteiger partial charge in [-0.15, -0.1) is 0 Å². The van der Waals surface area contributed by atoms with E-state index in [1.807, 2.05) is 19.1 Å². The molecule has 1 aromatic rings. The van der Waals surface area contributed by atoms with Gasteiger partial charge >= 0.3 is 0 Å². The summed E-state index contributed by atoms with van der Waals surface area (Å²) in [5.41, 5.74) is 6.23. The molecule has 1 aliphatic carbocycles. The summed E-state index contributed by atoms with van der Waals surface area (Å²) in [5, 5.41) is 0. The van der Waals surface area contributed by atoms with Crippen LogP contribution in [-0.4, -0.2) is 0 Å². The van der Waals surface area contributed by atoms with Crippen LogP contribution in [0.5, 0.6) is 0 Å². The summed E-state index contributed by atoms with van der Waals surface area (Å²) in [6.45, 7) is 4.30. The zero-order valence-corrected chi connectivity index (χ0v) is 9.70. The molecule has 1 aromatic heterocycles. The smallest absolute Gasteiger partial charge is 0.121 e. The van der Waals surface area contributed by atoms with E-state index in [1.54, 1.807) is 0 Å². The highest BCUT2D eigenvalue weighted by atomic mass is 16.3. The lowest BCUT2D eigenvalue weighted by Crippen LogP contribution is -2.25. The molecule has 0 aliphatic heterocycles. The Labute approximate surface area is 91.8 Å². The van der Waals surface area contributed by atoms with Crippen LogP contribution in [0.4, 0.5) is 0 Å². The summed E-state index contributed by atoms with van der Waals surface area (Å²) in [4.78, 5) is 0. The van der Waals surface area contributed by atoms with Crippen molar-refractivity contribution in [2.75, 3.05) is 0 Å². The number of nitrogens with two attached hydrogens (primary N) is 1. The number of furan rings is 1. The molecule has 2 rings (SSSR count). The van der Waals surface area contributed by atoms with Gasteiger partial charge in [0.15, 0.2) is 0 Å². The molecule has 0 bridgehead atoms. The second-order valence-corrected chi connectivity index (χ2v) is 4.99. The van der Waals surface area contributed by atoms with Gasteiger partial charge in [0.25, 0.3) is 0 Å². The van der Waals surface area contributed by atoms with Gasteiger partial charge in [0.1, 0.15) is 11.5 Å². The molecule has 0 radical (unpaired) electrons. The molecular formula is C13H21NO. The first-order valence-electron chi connectivity index (χ1n) is 5.98. The summed E-state index contributed by atoms with van der Waals surface area (Å²) in [5.74, 6) is 3.43. The largest absolute Gasteiger partial charge is 0.465 e. The third-order valence-corrected chi connectivity index (χ3v) is 3.66. The number of hydrogen-bond donors (Lipinski definition) is 1. The molecule has 1 aliphatic rings. The maximum Gasteiger partial charge on any atom is 0.121 e. The van der Waals surface area contributed by atoms with Crippen LogP contribution in [-0.2, 0) is 0 Å². The molecule has 1 unspecified atom stereocenters. The van der Waals surface area contributed by atoms with Crippen LogP contribution in [0.2, 0.25) is 0 Å². The Hall–Kier alpha value is -0.760. The standard InChI is InChI=1S/C13H21NO/c1-9-3-6-11(7-4-9)13(14)12-8-5-10(2)15-12/h5,8-9,11,13H,3-4,6-7,14H2,1-2H3. The van der Waals surface area contributed by atoms with Crippen LogP contribution in [0.3, 0.4) is 0 Å². The van der Waals surface area contributed by atoms with Crippen LogP contribution in [0.15, 0.2) is 16.5 Å². The summed E-state index contributed by atoms with van der Waals surface area (Å²) in [6, 6.07) is 4.13. The van der Waals surface area contributed by atoms with E-state index >= 15 is 0 Å². The Morgan fingerprint density at radius 3 is 2.47 bits per heavy atom. The minimum atomic E-state index is 0.103. The van der Waals surface area contributed by atoms with Crippen molar-refractivity contribution in [1.29, 1.82) is 0 Å². The molecular weight excluding hydrogens is 186 g/mol. The molecule has 84 valence electrons. The molecule has 0 amide bonds. The summed E-state index contributed by atoms with van der Waals surface area (Å²) in [6.07, 6.45) is 5.14. The van der Waals surface area contributed by atoms with E-state index in [9.17, 15) is 0 Å². The molecule has 1 atom stereocenters. The fourth-order valence-corrected chi connectivity index (χ4v) is 2.51. The quantitative estimate of drug-likeness (QED) is 0.807. The maximum absolute atomic E-state index is 6.23. The lowest BCUT2D eigenvalue weighted by atomic mass is 9.79. The number of aryl methyl sites for hydroxylation is 1. The van der Waals surface area contributed by atoms with Gasteiger partial charge < -0.3 is 10.2 Å². The zero-order valence-electron chi connectivity index (χ0n) is 9.70. The highest BCUT2D eigenvalue weighted by Crippen LogP contribution is 2.35. The molecule has 0 aromatic carbocycles. The molecule has 2 N–H and O–H groups in total. The van der Waals surface area contributed by atoms with Crippen molar-refractivity contribution >= 4 is 0 Å². The van der Waals surface area contributed by atoms with E-state index in [1.165, 1.54) is 25.7 Å². The van der Waals surface area contributed by atoms with Gasteiger partial charge in [-0.2, -0.15) is 0 Å². The average molecular weight is 207 g/mol. The van der Waals surface area contributed by atoms with Crippen molar-refractivity contribution in [3.8, 4) is 0 Å². The van der Waals surface area contributed by atoms with E-state index in [0.717, 1.165) is 17.4 Å². The van der Waals surface area contributed by atoms with Crippen LogP contribution >= 0.6 is 0 Å².